The fourth-order valence-corrected chi connectivity index (χ4v) is 2.93. The molecule has 0 saturated carbocycles. The lowest BCUT2D eigenvalue weighted by molar-refractivity contribution is 0.102. The van der Waals surface area contributed by atoms with Gasteiger partial charge in [0.15, 0.2) is 0 Å². The van der Waals surface area contributed by atoms with Crippen LogP contribution in [0.1, 0.15) is 36.0 Å². The first-order valence-corrected chi connectivity index (χ1v) is 8.43. The van der Waals surface area contributed by atoms with Crippen molar-refractivity contribution in [1.29, 1.82) is 0 Å². The molecule has 1 aromatic heterocycles. The van der Waals surface area contributed by atoms with Crippen molar-refractivity contribution in [3.63, 3.8) is 0 Å². The van der Waals surface area contributed by atoms with Crippen LogP contribution in [0.5, 0.6) is 5.75 Å². The number of carbonyl (C=O) groups is 1. The zero-order valence-electron chi connectivity index (χ0n) is 14.0. The van der Waals surface area contributed by atoms with Crippen LogP contribution in [0.4, 0.5) is 11.5 Å². The molecule has 2 heterocycles. The van der Waals surface area contributed by atoms with Crippen LogP contribution >= 0.6 is 0 Å². The molecule has 5 nitrogen and oxygen atoms in total. The van der Waals surface area contributed by atoms with Gasteiger partial charge in [0, 0.05) is 18.7 Å². The van der Waals surface area contributed by atoms with E-state index in [2.05, 4.69) is 15.2 Å². The van der Waals surface area contributed by atoms with E-state index in [1.165, 1.54) is 25.7 Å². The third-order valence-electron chi connectivity index (χ3n) is 4.29. The van der Waals surface area contributed by atoms with Crippen molar-refractivity contribution in [1.82, 2.24) is 4.98 Å². The Labute approximate surface area is 142 Å². The van der Waals surface area contributed by atoms with Crippen LogP contribution in [0.15, 0.2) is 42.6 Å². The maximum atomic E-state index is 12.3. The van der Waals surface area contributed by atoms with Gasteiger partial charge in [-0.3, -0.25) is 4.79 Å². The van der Waals surface area contributed by atoms with Crippen molar-refractivity contribution in [2.75, 3.05) is 30.4 Å². The summed E-state index contributed by atoms with van der Waals surface area (Å²) < 4.78 is 5.15. The molecule has 1 amide bonds. The highest BCUT2D eigenvalue weighted by atomic mass is 16.5. The molecule has 0 spiro atoms. The highest BCUT2D eigenvalue weighted by Crippen LogP contribution is 2.20. The Morgan fingerprint density at radius 1 is 1.12 bits per heavy atom. The number of methoxy groups -OCH3 is 1. The van der Waals surface area contributed by atoms with E-state index < -0.39 is 0 Å². The Kier molecular flexibility index (Phi) is 5.31. The molecular formula is C19H23N3O2. The van der Waals surface area contributed by atoms with Crippen LogP contribution in [0.25, 0.3) is 0 Å². The number of hydrogen-bond acceptors (Lipinski definition) is 4. The average molecular weight is 325 g/mol. The molecule has 0 atom stereocenters. The van der Waals surface area contributed by atoms with Crippen molar-refractivity contribution in [3.8, 4) is 5.75 Å². The van der Waals surface area contributed by atoms with E-state index in [9.17, 15) is 4.79 Å². The fourth-order valence-electron chi connectivity index (χ4n) is 2.93. The Balaban J connectivity index is 1.65. The van der Waals surface area contributed by atoms with Crippen molar-refractivity contribution < 1.29 is 9.53 Å². The van der Waals surface area contributed by atoms with Gasteiger partial charge in [-0.15, -0.1) is 0 Å². The molecule has 3 rings (SSSR count). The standard InChI is InChI=1S/C19H23N3O2/c1-24-17-8-6-7-15(13-17)19(23)21-18-10-9-16(14-20-18)22-11-4-2-3-5-12-22/h6-10,13-14H,2-5,11-12H2,1H3,(H,20,21,23). The number of rotatable bonds is 4. The molecule has 1 aliphatic heterocycles. The minimum Gasteiger partial charge on any atom is -0.497 e. The van der Waals surface area contributed by atoms with Crippen LogP contribution in [-0.2, 0) is 0 Å². The van der Waals surface area contributed by atoms with Crippen LogP contribution < -0.4 is 15.0 Å². The lowest BCUT2D eigenvalue weighted by Gasteiger charge is -2.22. The predicted molar refractivity (Wildman–Crippen MR) is 95.9 cm³/mol. The summed E-state index contributed by atoms with van der Waals surface area (Å²) in [5.41, 5.74) is 1.67. The number of hydrogen-bond donors (Lipinski definition) is 1. The maximum absolute atomic E-state index is 12.3. The largest absolute Gasteiger partial charge is 0.497 e. The van der Waals surface area contributed by atoms with Gasteiger partial charge in [0.1, 0.15) is 11.6 Å². The van der Waals surface area contributed by atoms with Crippen LogP contribution in [0.3, 0.4) is 0 Å². The molecule has 5 heteroatoms. The molecule has 0 aliphatic carbocycles. The summed E-state index contributed by atoms with van der Waals surface area (Å²) in [6.07, 6.45) is 6.91. The smallest absolute Gasteiger partial charge is 0.256 e. The highest BCUT2D eigenvalue weighted by molar-refractivity contribution is 6.04. The topological polar surface area (TPSA) is 54.5 Å². The van der Waals surface area contributed by atoms with Gasteiger partial charge >= 0.3 is 0 Å². The molecule has 1 saturated heterocycles. The number of nitrogens with zero attached hydrogens (tertiary/aromatic N) is 2. The fraction of sp³-hybridized carbons (Fsp3) is 0.368. The Bertz CT molecular complexity index is 677. The van der Waals surface area contributed by atoms with Gasteiger partial charge in [-0.2, -0.15) is 0 Å². The number of aromatic nitrogens is 1. The molecule has 1 fully saturated rings. The molecular weight excluding hydrogens is 302 g/mol. The van der Waals surface area contributed by atoms with E-state index in [1.54, 1.807) is 25.3 Å². The zero-order chi connectivity index (χ0) is 16.8. The molecule has 0 unspecified atom stereocenters. The van der Waals surface area contributed by atoms with Gasteiger partial charge in [0.2, 0.25) is 0 Å². The molecule has 126 valence electrons. The van der Waals surface area contributed by atoms with Gasteiger partial charge < -0.3 is 15.0 Å². The lowest BCUT2D eigenvalue weighted by Crippen LogP contribution is -2.24. The van der Waals surface area contributed by atoms with Gasteiger partial charge in [-0.25, -0.2) is 4.98 Å². The van der Waals surface area contributed by atoms with Crippen LogP contribution in [-0.4, -0.2) is 31.1 Å². The summed E-state index contributed by atoms with van der Waals surface area (Å²) in [6, 6.07) is 11.0. The lowest BCUT2D eigenvalue weighted by atomic mass is 10.2. The first-order chi connectivity index (χ1) is 11.8. The summed E-state index contributed by atoms with van der Waals surface area (Å²) in [6.45, 7) is 2.16. The molecule has 1 N–H and O–H groups in total. The number of nitrogens with one attached hydrogen (secondary N) is 1. The number of pyridine rings is 1. The zero-order valence-corrected chi connectivity index (χ0v) is 14.0. The first-order valence-electron chi connectivity index (χ1n) is 8.43. The number of carbonyl (C=O) groups excluding carboxylic acids is 1. The minimum absolute atomic E-state index is 0.191. The van der Waals surface area contributed by atoms with E-state index in [-0.39, 0.29) is 5.91 Å². The molecule has 2 aromatic rings. The van der Waals surface area contributed by atoms with E-state index in [0.717, 1.165) is 18.8 Å². The number of amides is 1. The molecule has 24 heavy (non-hydrogen) atoms. The minimum atomic E-state index is -0.191. The molecule has 0 bridgehead atoms. The highest BCUT2D eigenvalue weighted by Gasteiger charge is 2.11. The second kappa shape index (κ2) is 7.81. The number of benzene rings is 1. The van der Waals surface area contributed by atoms with E-state index >= 15 is 0 Å². The Morgan fingerprint density at radius 3 is 2.58 bits per heavy atom. The van der Waals surface area contributed by atoms with Gasteiger partial charge in [-0.1, -0.05) is 18.9 Å². The third-order valence-corrected chi connectivity index (χ3v) is 4.29. The van der Waals surface area contributed by atoms with E-state index in [1.807, 2.05) is 24.4 Å². The summed E-state index contributed by atoms with van der Waals surface area (Å²) >= 11 is 0. The number of anilines is 2. The predicted octanol–water partition coefficient (Wildman–Crippen LogP) is 3.72. The molecule has 1 aliphatic rings. The van der Waals surface area contributed by atoms with Crippen molar-refractivity contribution in [2.24, 2.45) is 0 Å². The maximum Gasteiger partial charge on any atom is 0.256 e. The van der Waals surface area contributed by atoms with Crippen molar-refractivity contribution >= 4 is 17.4 Å². The SMILES string of the molecule is COc1cccc(C(=O)Nc2ccc(N3CCCCCC3)cn2)c1. The number of ether oxygens (including phenoxy) is 1. The summed E-state index contributed by atoms with van der Waals surface area (Å²) in [4.78, 5) is 19.1. The van der Waals surface area contributed by atoms with E-state index in [4.69, 9.17) is 4.74 Å². The Morgan fingerprint density at radius 2 is 1.92 bits per heavy atom. The van der Waals surface area contributed by atoms with Gasteiger partial charge in [0.05, 0.1) is 19.0 Å². The molecule has 0 radical (unpaired) electrons. The third kappa shape index (κ3) is 4.04. The van der Waals surface area contributed by atoms with Crippen LogP contribution in [0.2, 0.25) is 0 Å². The Hall–Kier alpha value is -2.56. The normalized spacial score (nSPS) is 14.8. The average Bonchev–Trinajstić information content (AvgIpc) is 2.92. The van der Waals surface area contributed by atoms with Crippen LogP contribution in [0, 0.1) is 0 Å². The quantitative estimate of drug-likeness (QED) is 0.931. The summed E-state index contributed by atoms with van der Waals surface area (Å²) in [5.74, 6) is 1.03. The monoisotopic (exact) mass is 325 g/mol. The van der Waals surface area contributed by atoms with Crippen molar-refractivity contribution in [3.05, 3.63) is 48.2 Å². The van der Waals surface area contributed by atoms with Crippen molar-refractivity contribution in [2.45, 2.75) is 25.7 Å². The van der Waals surface area contributed by atoms with Gasteiger partial charge in [-0.05, 0) is 43.2 Å². The first kappa shape index (κ1) is 16.3. The summed E-state index contributed by atoms with van der Waals surface area (Å²) in [7, 11) is 1.58. The second-order valence-electron chi connectivity index (χ2n) is 5.99. The summed E-state index contributed by atoms with van der Waals surface area (Å²) in [5, 5.41) is 2.83. The molecule has 1 aromatic carbocycles. The second-order valence-corrected chi connectivity index (χ2v) is 5.99. The van der Waals surface area contributed by atoms with Gasteiger partial charge in [0.25, 0.3) is 5.91 Å². The van der Waals surface area contributed by atoms with E-state index in [0.29, 0.717) is 17.1 Å².